The third kappa shape index (κ3) is 4.42. The van der Waals surface area contributed by atoms with Crippen LogP contribution in [0.2, 0.25) is 0 Å². The monoisotopic (exact) mass is 362 g/mol. The van der Waals surface area contributed by atoms with E-state index >= 15 is 0 Å². The molecule has 0 radical (unpaired) electrons. The molecule has 0 atom stereocenters. The molecule has 2 aliphatic heterocycles. The van der Waals surface area contributed by atoms with Gasteiger partial charge in [0.15, 0.2) is 0 Å². The van der Waals surface area contributed by atoms with Crippen LogP contribution in [0.1, 0.15) is 6.42 Å². The van der Waals surface area contributed by atoms with Gasteiger partial charge in [-0.2, -0.15) is 0 Å². The number of benzene rings is 1. The lowest BCUT2D eigenvalue weighted by Gasteiger charge is -2.32. The fourth-order valence-corrected chi connectivity index (χ4v) is 2.99. The zero-order valence-electron chi connectivity index (χ0n) is 14.4. The summed E-state index contributed by atoms with van der Waals surface area (Å²) in [5.41, 5.74) is 0.715. The fourth-order valence-electron chi connectivity index (χ4n) is 2.99. The van der Waals surface area contributed by atoms with Crippen molar-refractivity contribution in [3.05, 3.63) is 24.3 Å². The van der Waals surface area contributed by atoms with Crippen LogP contribution in [0.25, 0.3) is 0 Å². The number of carbonyl (C=O) groups is 3. The van der Waals surface area contributed by atoms with Gasteiger partial charge in [-0.05, 0) is 24.3 Å². The normalized spacial score (nSPS) is 18.6. The predicted octanol–water partition coefficient (Wildman–Crippen LogP) is 0.807. The van der Waals surface area contributed by atoms with Crippen LogP contribution in [-0.2, 0) is 4.79 Å². The maximum atomic E-state index is 11.8. The third-order valence-electron chi connectivity index (χ3n) is 4.52. The molecule has 1 aromatic carbocycles. The van der Waals surface area contributed by atoms with Gasteiger partial charge in [0, 0.05) is 51.4 Å². The van der Waals surface area contributed by atoms with Crippen molar-refractivity contribution in [1.29, 1.82) is 0 Å². The average molecular weight is 362 g/mol. The number of nitrogens with zero attached hydrogens (tertiary/aromatic N) is 3. The van der Waals surface area contributed by atoms with Crippen molar-refractivity contribution >= 4 is 23.7 Å². The topological polar surface area (TPSA) is 102 Å². The zero-order valence-corrected chi connectivity index (χ0v) is 14.4. The molecular formula is C17H22N4O5. The second kappa shape index (κ2) is 8.05. The average Bonchev–Trinajstić information content (AvgIpc) is 2.63. The second-order valence-electron chi connectivity index (χ2n) is 6.21. The molecule has 0 aliphatic carbocycles. The largest absolute Gasteiger partial charge is 0.492 e. The number of rotatable bonds is 5. The van der Waals surface area contributed by atoms with E-state index < -0.39 is 12.1 Å². The number of anilines is 1. The minimum atomic E-state index is -0.868. The lowest BCUT2D eigenvalue weighted by molar-refractivity contribution is -0.120. The van der Waals surface area contributed by atoms with Gasteiger partial charge in [-0.1, -0.05) is 0 Å². The summed E-state index contributed by atoms with van der Waals surface area (Å²) in [6.07, 6.45) is -0.577. The molecule has 4 amide bonds. The SMILES string of the molecule is O=C1CCN(c2ccc(OCCN3CCN(C(=O)O)CC3)cc2)C(=O)N1. The predicted molar refractivity (Wildman–Crippen MR) is 93.5 cm³/mol. The summed E-state index contributed by atoms with van der Waals surface area (Å²) >= 11 is 0. The molecule has 0 saturated carbocycles. The lowest BCUT2D eigenvalue weighted by Crippen LogP contribution is -2.49. The van der Waals surface area contributed by atoms with E-state index in [9.17, 15) is 14.4 Å². The summed E-state index contributed by atoms with van der Waals surface area (Å²) in [5.74, 6) is 0.446. The molecule has 2 N–H and O–H groups in total. The first-order valence-corrected chi connectivity index (χ1v) is 8.57. The first-order valence-electron chi connectivity index (χ1n) is 8.57. The summed E-state index contributed by atoms with van der Waals surface area (Å²) in [6, 6.07) is 6.76. The minimum Gasteiger partial charge on any atom is -0.492 e. The first-order chi connectivity index (χ1) is 12.5. The lowest BCUT2D eigenvalue weighted by atomic mass is 10.2. The summed E-state index contributed by atoms with van der Waals surface area (Å²) in [7, 11) is 0. The number of amides is 4. The number of hydrogen-bond donors (Lipinski definition) is 2. The Morgan fingerprint density at radius 2 is 1.77 bits per heavy atom. The zero-order chi connectivity index (χ0) is 18.5. The third-order valence-corrected chi connectivity index (χ3v) is 4.52. The molecule has 3 rings (SSSR count). The fraction of sp³-hybridized carbons (Fsp3) is 0.471. The molecular weight excluding hydrogens is 340 g/mol. The second-order valence-corrected chi connectivity index (χ2v) is 6.21. The van der Waals surface area contributed by atoms with Gasteiger partial charge >= 0.3 is 12.1 Å². The Balaban J connectivity index is 1.43. The number of nitrogens with one attached hydrogen (secondary N) is 1. The molecule has 2 aliphatic rings. The Kier molecular flexibility index (Phi) is 5.57. The van der Waals surface area contributed by atoms with Crippen LogP contribution in [0, 0.1) is 0 Å². The van der Waals surface area contributed by atoms with Gasteiger partial charge in [-0.3, -0.25) is 19.9 Å². The molecule has 26 heavy (non-hydrogen) atoms. The molecule has 0 spiro atoms. The Labute approximate surface area is 151 Å². The van der Waals surface area contributed by atoms with Crippen molar-refractivity contribution in [2.45, 2.75) is 6.42 Å². The molecule has 0 aromatic heterocycles. The van der Waals surface area contributed by atoms with Crippen molar-refractivity contribution in [3.63, 3.8) is 0 Å². The minimum absolute atomic E-state index is 0.254. The van der Waals surface area contributed by atoms with E-state index in [2.05, 4.69) is 10.2 Å². The van der Waals surface area contributed by atoms with Gasteiger partial charge in [0.25, 0.3) is 0 Å². The van der Waals surface area contributed by atoms with Crippen LogP contribution in [0.3, 0.4) is 0 Å². The quantitative estimate of drug-likeness (QED) is 0.804. The molecule has 0 unspecified atom stereocenters. The molecule has 0 bridgehead atoms. The Morgan fingerprint density at radius 1 is 1.08 bits per heavy atom. The van der Waals surface area contributed by atoms with Crippen LogP contribution in [0.4, 0.5) is 15.3 Å². The van der Waals surface area contributed by atoms with E-state index in [-0.39, 0.29) is 5.91 Å². The Bertz CT molecular complexity index is 670. The van der Waals surface area contributed by atoms with E-state index in [4.69, 9.17) is 9.84 Å². The Morgan fingerprint density at radius 3 is 2.38 bits per heavy atom. The van der Waals surface area contributed by atoms with E-state index in [0.717, 1.165) is 6.54 Å². The van der Waals surface area contributed by atoms with E-state index in [1.165, 1.54) is 9.80 Å². The number of ether oxygens (including phenoxy) is 1. The van der Waals surface area contributed by atoms with Crippen molar-refractivity contribution in [1.82, 2.24) is 15.1 Å². The van der Waals surface area contributed by atoms with Gasteiger partial charge in [-0.25, -0.2) is 9.59 Å². The van der Waals surface area contributed by atoms with Crippen LogP contribution in [0.5, 0.6) is 5.75 Å². The van der Waals surface area contributed by atoms with E-state index in [0.29, 0.717) is 57.2 Å². The van der Waals surface area contributed by atoms with E-state index in [1.807, 2.05) is 0 Å². The summed E-state index contributed by atoms with van der Waals surface area (Å²) in [5, 5.41) is 11.2. The van der Waals surface area contributed by atoms with Gasteiger partial charge in [-0.15, -0.1) is 0 Å². The van der Waals surface area contributed by atoms with Crippen molar-refractivity contribution in [2.75, 3.05) is 50.8 Å². The molecule has 2 saturated heterocycles. The van der Waals surface area contributed by atoms with Gasteiger partial charge in [0.1, 0.15) is 12.4 Å². The molecule has 2 fully saturated rings. The number of carbonyl (C=O) groups excluding carboxylic acids is 2. The molecule has 9 nitrogen and oxygen atoms in total. The highest BCUT2D eigenvalue weighted by Gasteiger charge is 2.24. The number of piperazine rings is 1. The number of hydrogen-bond acceptors (Lipinski definition) is 5. The summed E-state index contributed by atoms with van der Waals surface area (Å²) in [4.78, 5) is 39.0. The van der Waals surface area contributed by atoms with Crippen molar-refractivity contribution < 1.29 is 24.2 Å². The van der Waals surface area contributed by atoms with Gasteiger partial charge in [0.05, 0.1) is 0 Å². The highest BCUT2D eigenvalue weighted by molar-refractivity contribution is 6.05. The van der Waals surface area contributed by atoms with Gasteiger partial charge in [0.2, 0.25) is 5.91 Å². The summed E-state index contributed by atoms with van der Waals surface area (Å²) in [6.45, 7) is 4.05. The van der Waals surface area contributed by atoms with Crippen molar-refractivity contribution in [3.8, 4) is 5.75 Å². The van der Waals surface area contributed by atoms with Crippen LogP contribution in [0.15, 0.2) is 24.3 Å². The highest BCUT2D eigenvalue weighted by atomic mass is 16.5. The smallest absolute Gasteiger partial charge is 0.407 e. The summed E-state index contributed by atoms with van der Waals surface area (Å²) < 4.78 is 5.72. The van der Waals surface area contributed by atoms with E-state index in [1.54, 1.807) is 24.3 Å². The van der Waals surface area contributed by atoms with Gasteiger partial charge < -0.3 is 14.7 Å². The standard InChI is InChI=1S/C17H22N4O5/c22-15-5-6-21(16(23)18-15)13-1-3-14(4-2-13)26-12-11-19-7-9-20(10-8-19)17(24)25/h1-4H,5-12H2,(H,24,25)(H,18,22,23). The van der Waals surface area contributed by atoms with Crippen LogP contribution in [-0.4, -0.2) is 78.8 Å². The maximum absolute atomic E-state index is 11.8. The molecule has 9 heteroatoms. The molecule has 2 heterocycles. The van der Waals surface area contributed by atoms with Crippen LogP contribution >= 0.6 is 0 Å². The first kappa shape index (κ1) is 18.0. The Hall–Kier alpha value is -2.81. The maximum Gasteiger partial charge on any atom is 0.407 e. The van der Waals surface area contributed by atoms with Crippen molar-refractivity contribution in [2.24, 2.45) is 0 Å². The molecule has 1 aromatic rings. The van der Waals surface area contributed by atoms with Crippen LogP contribution < -0.4 is 15.0 Å². The number of carboxylic acid groups (broad SMARTS) is 1. The number of urea groups is 1. The highest BCUT2D eigenvalue weighted by Crippen LogP contribution is 2.21. The molecule has 140 valence electrons. The number of imide groups is 1.